The molecule has 0 spiro atoms. The minimum atomic E-state index is -3.79. The lowest BCUT2D eigenvalue weighted by Crippen LogP contribution is -2.41. The number of sulfone groups is 1. The first-order valence-corrected chi connectivity index (χ1v) is 10.9. The van der Waals surface area contributed by atoms with Crippen molar-refractivity contribution in [2.75, 3.05) is 18.1 Å². The smallest absolute Gasteiger partial charge is 0.229 e. The molecule has 0 aromatic heterocycles. The van der Waals surface area contributed by atoms with E-state index >= 15 is 0 Å². The Kier molecular flexibility index (Phi) is 4.50. The van der Waals surface area contributed by atoms with Crippen molar-refractivity contribution < 1.29 is 16.8 Å². The molecule has 1 heterocycles. The molecule has 1 aliphatic heterocycles. The quantitative estimate of drug-likeness (QED) is 0.762. The standard InChI is InChI=1S/C17H19NO4S2/c1-2-10-18(16-9-11-23(19,20)13-16)24(21,22)17-8-7-14-5-3-4-6-15(14)12-17/h2-8,12,16H,1,9-11,13H2/t16-/m0/s1. The molecular weight excluding hydrogens is 346 g/mol. The molecule has 0 saturated carbocycles. The molecule has 5 nitrogen and oxygen atoms in total. The van der Waals surface area contributed by atoms with Crippen LogP contribution in [0.3, 0.4) is 0 Å². The molecule has 2 aromatic carbocycles. The summed E-state index contributed by atoms with van der Waals surface area (Å²) in [5.41, 5.74) is 0. The van der Waals surface area contributed by atoms with E-state index in [1.165, 1.54) is 10.4 Å². The summed E-state index contributed by atoms with van der Waals surface area (Å²) < 4.78 is 50.8. The van der Waals surface area contributed by atoms with Gasteiger partial charge in [0.2, 0.25) is 10.0 Å². The van der Waals surface area contributed by atoms with E-state index in [-0.39, 0.29) is 22.9 Å². The lowest BCUT2D eigenvalue weighted by Gasteiger charge is -2.26. The van der Waals surface area contributed by atoms with E-state index in [1.807, 2.05) is 24.3 Å². The number of hydrogen-bond acceptors (Lipinski definition) is 4. The summed E-state index contributed by atoms with van der Waals surface area (Å²) in [4.78, 5) is 0.173. The van der Waals surface area contributed by atoms with Crippen molar-refractivity contribution in [3.8, 4) is 0 Å². The third kappa shape index (κ3) is 3.24. The van der Waals surface area contributed by atoms with E-state index in [1.54, 1.807) is 18.2 Å². The summed E-state index contributed by atoms with van der Waals surface area (Å²) in [6.45, 7) is 3.70. The average Bonchev–Trinajstić information content (AvgIpc) is 2.91. The molecular formula is C17H19NO4S2. The molecule has 2 aromatic rings. The Bertz CT molecular complexity index is 981. The van der Waals surface area contributed by atoms with Crippen LogP contribution in [0.4, 0.5) is 0 Å². The summed E-state index contributed by atoms with van der Waals surface area (Å²) in [6, 6.07) is 11.9. The molecule has 0 amide bonds. The molecule has 0 N–H and O–H groups in total. The van der Waals surface area contributed by atoms with Crippen molar-refractivity contribution in [2.45, 2.75) is 17.4 Å². The van der Waals surface area contributed by atoms with E-state index in [0.717, 1.165) is 10.8 Å². The average molecular weight is 365 g/mol. The SMILES string of the molecule is C=CCN([C@H]1CCS(=O)(=O)C1)S(=O)(=O)c1ccc2ccccc2c1. The van der Waals surface area contributed by atoms with Gasteiger partial charge in [0.25, 0.3) is 0 Å². The summed E-state index contributed by atoms with van der Waals surface area (Å²) in [6.07, 6.45) is 1.81. The predicted molar refractivity (Wildman–Crippen MR) is 95.1 cm³/mol. The maximum atomic E-state index is 13.0. The monoisotopic (exact) mass is 365 g/mol. The molecule has 0 unspecified atom stereocenters. The van der Waals surface area contributed by atoms with Crippen molar-refractivity contribution in [1.29, 1.82) is 0 Å². The maximum absolute atomic E-state index is 13.0. The molecule has 0 bridgehead atoms. The van der Waals surface area contributed by atoms with Gasteiger partial charge in [-0.15, -0.1) is 6.58 Å². The van der Waals surface area contributed by atoms with E-state index in [2.05, 4.69) is 6.58 Å². The first-order valence-electron chi connectivity index (χ1n) is 7.65. The van der Waals surface area contributed by atoms with Gasteiger partial charge in [-0.3, -0.25) is 0 Å². The van der Waals surface area contributed by atoms with Crippen LogP contribution in [-0.4, -0.2) is 45.2 Å². The van der Waals surface area contributed by atoms with E-state index < -0.39 is 25.9 Å². The molecule has 3 rings (SSSR count). The molecule has 128 valence electrons. The van der Waals surface area contributed by atoms with Crippen molar-refractivity contribution >= 4 is 30.6 Å². The Balaban J connectivity index is 2.02. The fourth-order valence-electron chi connectivity index (χ4n) is 3.04. The molecule has 1 atom stereocenters. The second-order valence-corrected chi connectivity index (χ2v) is 10.0. The van der Waals surface area contributed by atoms with Gasteiger partial charge in [0.1, 0.15) is 0 Å². The van der Waals surface area contributed by atoms with Crippen LogP contribution in [0.25, 0.3) is 10.8 Å². The van der Waals surface area contributed by atoms with E-state index in [4.69, 9.17) is 0 Å². The summed E-state index contributed by atoms with van der Waals surface area (Å²) in [5, 5.41) is 1.78. The van der Waals surface area contributed by atoms with Gasteiger partial charge in [-0.1, -0.05) is 36.4 Å². The zero-order valence-corrected chi connectivity index (χ0v) is 14.8. The molecule has 1 aliphatic rings. The molecule has 1 fully saturated rings. The Labute approximate surface area is 142 Å². The van der Waals surface area contributed by atoms with Crippen LogP contribution in [0.2, 0.25) is 0 Å². The van der Waals surface area contributed by atoms with Crippen molar-refractivity contribution in [3.05, 3.63) is 55.1 Å². The molecule has 24 heavy (non-hydrogen) atoms. The van der Waals surface area contributed by atoms with Gasteiger partial charge >= 0.3 is 0 Å². The van der Waals surface area contributed by atoms with Crippen molar-refractivity contribution in [2.24, 2.45) is 0 Å². The van der Waals surface area contributed by atoms with Crippen LogP contribution in [0, 0.1) is 0 Å². The number of rotatable bonds is 5. The Morgan fingerprint density at radius 3 is 2.50 bits per heavy atom. The van der Waals surface area contributed by atoms with Gasteiger partial charge in [0.15, 0.2) is 9.84 Å². The largest absolute Gasteiger partial charge is 0.243 e. The summed E-state index contributed by atoms with van der Waals surface area (Å²) >= 11 is 0. The third-order valence-electron chi connectivity index (χ3n) is 4.25. The molecule has 0 radical (unpaired) electrons. The van der Waals surface area contributed by atoms with Crippen molar-refractivity contribution in [1.82, 2.24) is 4.31 Å². The zero-order chi connectivity index (χ0) is 17.4. The van der Waals surface area contributed by atoms with Crippen molar-refractivity contribution in [3.63, 3.8) is 0 Å². The number of nitrogens with zero attached hydrogens (tertiary/aromatic N) is 1. The van der Waals surface area contributed by atoms with Crippen LogP contribution in [-0.2, 0) is 19.9 Å². The number of hydrogen-bond donors (Lipinski definition) is 0. The lowest BCUT2D eigenvalue weighted by molar-refractivity contribution is 0.367. The first kappa shape index (κ1) is 17.1. The first-order chi connectivity index (χ1) is 11.3. The van der Waals surface area contributed by atoms with Gasteiger partial charge < -0.3 is 0 Å². The Morgan fingerprint density at radius 1 is 1.17 bits per heavy atom. The minimum Gasteiger partial charge on any atom is -0.229 e. The highest BCUT2D eigenvalue weighted by Crippen LogP contribution is 2.27. The van der Waals surface area contributed by atoms with Gasteiger partial charge in [-0.25, -0.2) is 16.8 Å². The van der Waals surface area contributed by atoms with Gasteiger partial charge in [-0.05, 0) is 29.3 Å². The minimum absolute atomic E-state index is 0.0263. The fraction of sp³-hybridized carbons (Fsp3) is 0.294. The zero-order valence-electron chi connectivity index (χ0n) is 13.1. The van der Waals surface area contributed by atoms with Gasteiger partial charge in [-0.2, -0.15) is 4.31 Å². The van der Waals surface area contributed by atoms with Crippen LogP contribution >= 0.6 is 0 Å². The molecule has 7 heteroatoms. The van der Waals surface area contributed by atoms with E-state index in [0.29, 0.717) is 6.42 Å². The highest BCUT2D eigenvalue weighted by Gasteiger charge is 2.38. The normalized spacial score (nSPS) is 20.5. The van der Waals surface area contributed by atoms with Crippen LogP contribution in [0.15, 0.2) is 60.0 Å². The second kappa shape index (κ2) is 6.31. The maximum Gasteiger partial charge on any atom is 0.243 e. The van der Waals surface area contributed by atoms with Crippen LogP contribution in [0.1, 0.15) is 6.42 Å². The lowest BCUT2D eigenvalue weighted by atomic mass is 10.1. The molecule has 0 aliphatic carbocycles. The number of sulfonamides is 1. The second-order valence-electron chi connectivity index (χ2n) is 5.93. The van der Waals surface area contributed by atoms with Gasteiger partial charge in [0.05, 0.1) is 16.4 Å². The van der Waals surface area contributed by atoms with Crippen LogP contribution < -0.4 is 0 Å². The Hall–Kier alpha value is -1.70. The summed E-state index contributed by atoms with van der Waals surface area (Å²) in [5.74, 6) is -0.105. The van der Waals surface area contributed by atoms with Crippen LogP contribution in [0.5, 0.6) is 0 Å². The topological polar surface area (TPSA) is 71.5 Å². The van der Waals surface area contributed by atoms with E-state index in [9.17, 15) is 16.8 Å². The van der Waals surface area contributed by atoms with Gasteiger partial charge in [0, 0.05) is 12.6 Å². The highest BCUT2D eigenvalue weighted by molar-refractivity contribution is 7.92. The number of fused-ring (bicyclic) bond motifs is 1. The Morgan fingerprint density at radius 2 is 1.88 bits per heavy atom. The fourth-order valence-corrected chi connectivity index (χ4v) is 6.52. The third-order valence-corrected chi connectivity index (χ3v) is 7.92. The number of benzene rings is 2. The highest BCUT2D eigenvalue weighted by atomic mass is 32.2. The summed E-state index contributed by atoms with van der Waals surface area (Å²) in [7, 11) is -6.97. The predicted octanol–water partition coefficient (Wildman–Crippen LogP) is 2.20. The molecule has 1 saturated heterocycles.